The third-order valence-corrected chi connectivity index (χ3v) is 4.48. The van der Waals surface area contributed by atoms with E-state index < -0.39 is 0 Å². The Balaban J connectivity index is 0.000000704. The van der Waals surface area contributed by atoms with Crippen molar-refractivity contribution in [3.8, 4) is 0 Å². The summed E-state index contributed by atoms with van der Waals surface area (Å²) in [6.07, 6.45) is 7.06. The SMILES string of the molecule is CC.Cc1cc2c(n1SCc1ccccc1)=CCCC=2. The van der Waals surface area contributed by atoms with Gasteiger partial charge < -0.3 is 0 Å². The first-order valence-corrected chi connectivity index (χ1v) is 8.35. The standard InChI is InChI=1S/C16H17NS.C2H6/c1-13-11-15-9-5-6-10-16(15)17(13)18-12-14-7-3-2-4-8-14;1-2/h2-4,7-11H,5-6,12H2,1H3;1-2H3. The Morgan fingerprint density at radius 2 is 1.75 bits per heavy atom. The zero-order chi connectivity index (χ0) is 14.4. The molecule has 0 saturated heterocycles. The molecule has 3 rings (SSSR count). The first-order valence-electron chi connectivity index (χ1n) is 7.40. The van der Waals surface area contributed by atoms with Crippen molar-refractivity contribution in [1.82, 2.24) is 3.97 Å². The highest BCUT2D eigenvalue weighted by Crippen LogP contribution is 2.14. The molecule has 1 aliphatic rings. The molecule has 1 nitrogen and oxygen atoms in total. The van der Waals surface area contributed by atoms with Crippen LogP contribution in [0, 0.1) is 6.92 Å². The lowest BCUT2D eigenvalue weighted by atomic mass is 10.2. The number of aryl methyl sites for hydroxylation is 1. The number of hydrogen-bond acceptors (Lipinski definition) is 1. The molecule has 0 spiro atoms. The Bertz CT molecular complexity index is 653. The molecule has 0 saturated carbocycles. The number of fused-ring (bicyclic) bond motifs is 1. The minimum Gasteiger partial charge on any atom is -0.288 e. The van der Waals surface area contributed by atoms with E-state index in [1.807, 2.05) is 25.8 Å². The summed E-state index contributed by atoms with van der Waals surface area (Å²) >= 11 is 1.89. The molecule has 1 heterocycles. The van der Waals surface area contributed by atoms with Crippen LogP contribution in [0.4, 0.5) is 0 Å². The van der Waals surface area contributed by atoms with Gasteiger partial charge in [0, 0.05) is 11.4 Å². The fourth-order valence-corrected chi connectivity index (χ4v) is 3.42. The molecule has 2 aromatic rings. The second-order valence-corrected chi connectivity index (χ2v) is 5.58. The van der Waals surface area contributed by atoms with Gasteiger partial charge in [-0.05, 0) is 48.6 Å². The Morgan fingerprint density at radius 3 is 2.50 bits per heavy atom. The van der Waals surface area contributed by atoms with Gasteiger partial charge in [-0.2, -0.15) is 0 Å². The van der Waals surface area contributed by atoms with Crippen LogP contribution in [-0.2, 0) is 5.75 Å². The van der Waals surface area contributed by atoms with Crippen molar-refractivity contribution in [3.05, 3.63) is 58.2 Å². The third-order valence-electron chi connectivity index (χ3n) is 3.27. The second kappa shape index (κ2) is 7.39. The van der Waals surface area contributed by atoms with E-state index in [1.54, 1.807) is 0 Å². The van der Waals surface area contributed by atoms with Gasteiger partial charge in [0.1, 0.15) is 0 Å². The van der Waals surface area contributed by atoms with Crippen LogP contribution in [0.2, 0.25) is 0 Å². The molecule has 0 bridgehead atoms. The topological polar surface area (TPSA) is 4.93 Å². The summed E-state index contributed by atoms with van der Waals surface area (Å²) in [6, 6.07) is 13.0. The van der Waals surface area contributed by atoms with Crippen LogP contribution < -0.4 is 10.6 Å². The van der Waals surface area contributed by atoms with Crippen LogP contribution in [0.5, 0.6) is 0 Å². The number of aromatic nitrogens is 1. The zero-order valence-electron chi connectivity index (χ0n) is 12.6. The zero-order valence-corrected chi connectivity index (χ0v) is 13.4. The van der Waals surface area contributed by atoms with Crippen molar-refractivity contribution >= 4 is 24.1 Å². The molecule has 20 heavy (non-hydrogen) atoms. The number of nitrogens with zero attached hydrogens (tertiary/aromatic N) is 1. The lowest BCUT2D eigenvalue weighted by molar-refractivity contribution is 1.06. The first-order chi connectivity index (χ1) is 9.84. The Labute approximate surface area is 126 Å². The van der Waals surface area contributed by atoms with E-state index in [0.717, 1.165) is 5.75 Å². The summed E-state index contributed by atoms with van der Waals surface area (Å²) in [6.45, 7) is 6.19. The lowest BCUT2D eigenvalue weighted by Crippen LogP contribution is -2.28. The number of benzene rings is 1. The van der Waals surface area contributed by atoms with Crippen LogP contribution in [0.15, 0.2) is 36.4 Å². The van der Waals surface area contributed by atoms with E-state index in [-0.39, 0.29) is 0 Å². The smallest absolute Gasteiger partial charge is 0.0551 e. The molecule has 0 radical (unpaired) electrons. The third kappa shape index (κ3) is 3.37. The minimum absolute atomic E-state index is 1.02. The van der Waals surface area contributed by atoms with Crippen LogP contribution in [0.3, 0.4) is 0 Å². The molecular formula is C18H23NS. The molecule has 0 unspecified atom stereocenters. The van der Waals surface area contributed by atoms with Gasteiger partial charge in [0.25, 0.3) is 0 Å². The summed E-state index contributed by atoms with van der Waals surface area (Å²) in [5.41, 5.74) is 2.72. The summed E-state index contributed by atoms with van der Waals surface area (Å²) in [4.78, 5) is 0. The highest BCUT2D eigenvalue weighted by molar-refractivity contribution is 7.97. The molecule has 0 amide bonds. The first kappa shape index (κ1) is 15.0. The van der Waals surface area contributed by atoms with Gasteiger partial charge in [-0.25, -0.2) is 0 Å². The fraction of sp³-hybridized carbons (Fsp3) is 0.333. The van der Waals surface area contributed by atoms with Gasteiger partial charge in [0.15, 0.2) is 0 Å². The van der Waals surface area contributed by atoms with Crippen molar-refractivity contribution in [1.29, 1.82) is 0 Å². The van der Waals surface area contributed by atoms with Gasteiger partial charge in [0.2, 0.25) is 0 Å². The Kier molecular flexibility index (Phi) is 5.54. The van der Waals surface area contributed by atoms with E-state index in [4.69, 9.17) is 0 Å². The average Bonchev–Trinajstić information content (AvgIpc) is 2.84. The molecule has 0 atom stereocenters. The van der Waals surface area contributed by atoms with Crippen molar-refractivity contribution in [3.63, 3.8) is 0 Å². The Morgan fingerprint density at radius 1 is 1.05 bits per heavy atom. The van der Waals surface area contributed by atoms with Gasteiger partial charge >= 0.3 is 0 Å². The predicted octanol–water partition coefficient (Wildman–Crippen LogP) is 3.87. The van der Waals surface area contributed by atoms with E-state index in [9.17, 15) is 0 Å². The normalized spacial score (nSPS) is 12.6. The van der Waals surface area contributed by atoms with Crippen molar-refractivity contribution in [2.24, 2.45) is 0 Å². The van der Waals surface area contributed by atoms with Crippen LogP contribution in [0.1, 0.15) is 37.9 Å². The van der Waals surface area contributed by atoms with E-state index in [0.29, 0.717) is 0 Å². The molecule has 1 aromatic heterocycles. The second-order valence-electron chi connectivity index (χ2n) is 4.67. The molecule has 0 fully saturated rings. The number of rotatable bonds is 3. The maximum Gasteiger partial charge on any atom is 0.0551 e. The Hall–Kier alpha value is -1.41. The monoisotopic (exact) mass is 285 g/mol. The van der Waals surface area contributed by atoms with Crippen LogP contribution in [0.25, 0.3) is 12.2 Å². The maximum atomic E-state index is 2.37. The molecule has 0 N–H and O–H groups in total. The van der Waals surface area contributed by atoms with Gasteiger partial charge in [-0.3, -0.25) is 3.97 Å². The number of hydrogen-bond donors (Lipinski definition) is 0. The van der Waals surface area contributed by atoms with E-state index >= 15 is 0 Å². The fourth-order valence-electron chi connectivity index (χ4n) is 2.37. The molecule has 1 aliphatic carbocycles. The highest BCUT2D eigenvalue weighted by Gasteiger charge is 2.05. The molecular weight excluding hydrogens is 262 g/mol. The summed E-state index contributed by atoms with van der Waals surface area (Å²) in [5, 5.41) is 2.79. The van der Waals surface area contributed by atoms with Crippen LogP contribution in [-0.4, -0.2) is 3.97 Å². The van der Waals surface area contributed by atoms with Gasteiger partial charge in [-0.1, -0.05) is 56.3 Å². The summed E-state index contributed by atoms with van der Waals surface area (Å²) < 4.78 is 2.37. The van der Waals surface area contributed by atoms with Crippen molar-refractivity contribution in [2.45, 2.75) is 39.4 Å². The molecule has 0 aliphatic heterocycles. The quantitative estimate of drug-likeness (QED) is 0.828. The van der Waals surface area contributed by atoms with Crippen molar-refractivity contribution in [2.75, 3.05) is 0 Å². The lowest BCUT2D eigenvalue weighted by Gasteiger charge is -2.07. The van der Waals surface area contributed by atoms with E-state index in [1.165, 1.54) is 34.7 Å². The van der Waals surface area contributed by atoms with Crippen LogP contribution >= 0.6 is 11.9 Å². The van der Waals surface area contributed by atoms with Gasteiger partial charge in [-0.15, -0.1) is 0 Å². The molecule has 106 valence electrons. The highest BCUT2D eigenvalue weighted by atomic mass is 32.2. The summed E-state index contributed by atoms with van der Waals surface area (Å²) in [5.74, 6) is 1.02. The molecule has 1 aromatic carbocycles. The minimum atomic E-state index is 1.02. The molecule has 2 heteroatoms. The maximum absolute atomic E-state index is 2.37. The predicted molar refractivity (Wildman–Crippen MR) is 91.1 cm³/mol. The average molecular weight is 285 g/mol. The summed E-state index contributed by atoms with van der Waals surface area (Å²) in [7, 11) is 0. The van der Waals surface area contributed by atoms with Crippen molar-refractivity contribution < 1.29 is 0 Å². The largest absolute Gasteiger partial charge is 0.288 e. The van der Waals surface area contributed by atoms with Gasteiger partial charge in [0.05, 0.1) is 5.35 Å². The van der Waals surface area contributed by atoms with E-state index in [2.05, 4.69) is 59.4 Å².